The van der Waals surface area contributed by atoms with Crippen LogP contribution in [0, 0.1) is 0 Å². The minimum Gasteiger partial charge on any atom is -0.347 e. The summed E-state index contributed by atoms with van der Waals surface area (Å²) in [4.78, 5) is 28.6. The van der Waals surface area contributed by atoms with Crippen LogP contribution in [0.4, 0.5) is 5.69 Å². The molecule has 0 unspecified atom stereocenters. The highest BCUT2D eigenvalue weighted by Gasteiger charge is 2.12. The average Bonchev–Trinajstić information content (AvgIpc) is 2.68. The number of nitrogens with zero attached hydrogens (tertiary/aromatic N) is 1. The molecular weight excluding hydrogens is 314 g/mol. The molecule has 124 valence electrons. The molecule has 0 aliphatic carbocycles. The molecule has 5 nitrogen and oxygen atoms in total. The maximum atomic E-state index is 12.3. The van der Waals surface area contributed by atoms with Gasteiger partial charge in [0.05, 0.1) is 0 Å². The van der Waals surface area contributed by atoms with Crippen LogP contribution in [-0.2, 0) is 6.54 Å². The molecule has 5 heteroatoms. The molecule has 0 radical (unpaired) electrons. The van der Waals surface area contributed by atoms with Crippen molar-refractivity contribution in [3.05, 3.63) is 95.8 Å². The van der Waals surface area contributed by atoms with Gasteiger partial charge < -0.3 is 10.6 Å². The molecule has 0 saturated carbocycles. The number of para-hydroxylation sites is 1. The Morgan fingerprint density at radius 1 is 0.840 bits per heavy atom. The van der Waals surface area contributed by atoms with Crippen molar-refractivity contribution in [3.8, 4) is 0 Å². The van der Waals surface area contributed by atoms with E-state index in [4.69, 9.17) is 0 Å². The molecular formula is C20H17N3O2. The van der Waals surface area contributed by atoms with Crippen molar-refractivity contribution in [2.75, 3.05) is 5.32 Å². The van der Waals surface area contributed by atoms with Gasteiger partial charge in [0.25, 0.3) is 11.8 Å². The van der Waals surface area contributed by atoms with E-state index in [0.29, 0.717) is 17.8 Å². The molecule has 0 atom stereocenters. The summed E-state index contributed by atoms with van der Waals surface area (Å²) >= 11 is 0. The lowest BCUT2D eigenvalue weighted by Crippen LogP contribution is -2.24. The van der Waals surface area contributed by atoms with Gasteiger partial charge in [-0.05, 0) is 29.8 Å². The highest BCUT2D eigenvalue weighted by molar-refractivity contribution is 6.05. The van der Waals surface area contributed by atoms with Gasteiger partial charge in [0.1, 0.15) is 5.69 Å². The van der Waals surface area contributed by atoms with Crippen LogP contribution in [0.15, 0.2) is 79.0 Å². The molecule has 0 spiro atoms. The van der Waals surface area contributed by atoms with Crippen LogP contribution in [0.5, 0.6) is 0 Å². The molecule has 2 N–H and O–H groups in total. The Hall–Kier alpha value is -3.47. The van der Waals surface area contributed by atoms with Crippen LogP contribution in [0.3, 0.4) is 0 Å². The van der Waals surface area contributed by atoms with Gasteiger partial charge in [0.15, 0.2) is 0 Å². The number of hydrogen-bond donors (Lipinski definition) is 2. The molecule has 3 rings (SSSR count). The summed E-state index contributed by atoms with van der Waals surface area (Å²) in [6, 6.07) is 21.8. The molecule has 25 heavy (non-hydrogen) atoms. The number of pyridine rings is 1. The molecule has 1 heterocycles. The van der Waals surface area contributed by atoms with Gasteiger partial charge in [-0.15, -0.1) is 0 Å². The van der Waals surface area contributed by atoms with E-state index in [0.717, 1.165) is 5.56 Å². The number of nitrogens with one attached hydrogen (secondary N) is 2. The predicted molar refractivity (Wildman–Crippen MR) is 96.2 cm³/mol. The van der Waals surface area contributed by atoms with Gasteiger partial charge in [0, 0.05) is 24.0 Å². The highest BCUT2D eigenvalue weighted by atomic mass is 16.2. The number of rotatable bonds is 5. The van der Waals surface area contributed by atoms with Crippen LogP contribution in [0.25, 0.3) is 0 Å². The molecule has 2 amide bonds. The first-order valence-corrected chi connectivity index (χ1v) is 7.87. The van der Waals surface area contributed by atoms with E-state index in [1.807, 2.05) is 48.5 Å². The number of carbonyl (C=O) groups excluding carboxylic acids is 2. The van der Waals surface area contributed by atoms with Gasteiger partial charge in [0.2, 0.25) is 0 Å². The first-order valence-electron chi connectivity index (χ1n) is 7.87. The fourth-order valence-electron chi connectivity index (χ4n) is 2.29. The number of hydrogen-bond acceptors (Lipinski definition) is 3. The van der Waals surface area contributed by atoms with Gasteiger partial charge in [-0.1, -0.05) is 48.5 Å². The van der Waals surface area contributed by atoms with E-state index in [9.17, 15) is 9.59 Å². The molecule has 0 saturated heterocycles. The lowest BCUT2D eigenvalue weighted by molar-refractivity contribution is 0.0946. The normalized spacial score (nSPS) is 10.1. The first-order chi connectivity index (χ1) is 12.2. The minimum absolute atomic E-state index is 0.205. The number of aromatic nitrogens is 1. The zero-order valence-corrected chi connectivity index (χ0v) is 13.5. The molecule has 0 fully saturated rings. The van der Waals surface area contributed by atoms with E-state index in [1.54, 1.807) is 18.2 Å². The number of anilines is 1. The Bertz CT molecular complexity index is 864. The van der Waals surface area contributed by atoms with Crippen molar-refractivity contribution in [2.45, 2.75) is 6.54 Å². The topological polar surface area (TPSA) is 71.1 Å². The summed E-state index contributed by atoms with van der Waals surface area (Å²) in [6.07, 6.45) is 1.46. The monoisotopic (exact) mass is 331 g/mol. The molecule has 0 aliphatic heterocycles. The second-order valence-corrected chi connectivity index (χ2v) is 5.42. The van der Waals surface area contributed by atoms with Crippen molar-refractivity contribution in [1.82, 2.24) is 10.3 Å². The Kier molecular flexibility index (Phi) is 5.16. The minimum atomic E-state index is -0.321. The summed E-state index contributed by atoms with van der Waals surface area (Å²) in [6.45, 7) is 0.405. The first kappa shape index (κ1) is 16.4. The third-order valence-corrected chi connectivity index (χ3v) is 3.58. The largest absolute Gasteiger partial charge is 0.347 e. The third-order valence-electron chi connectivity index (χ3n) is 3.58. The van der Waals surface area contributed by atoms with E-state index >= 15 is 0 Å². The number of carbonyl (C=O) groups is 2. The lowest BCUT2D eigenvalue weighted by Gasteiger charge is -2.07. The summed E-state index contributed by atoms with van der Waals surface area (Å²) in [5, 5.41) is 5.58. The van der Waals surface area contributed by atoms with E-state index in [2.05, 4.69) is 15.6 Å². The summed E-state index contributed by atoms with van der Waals surface area (Å²) in [5.74, 6) is -0.607. The smallest absolute Gasteiger partial charge is 0.270 e. The van der Waals surface area contributed by atoms with Crippen molar-refractivity contribution in [2.24, 2.45) is 0 Å². The fraction of sp³-hybridized carbons (Fsp3) is 0.0500. The summed E-state index contributed by atoms with van der Waals surface area (Å²) in [5.41, 5.74) is 2.27. The van der Waals surface area contributed by atoms with Gasteiger partial charge >= 0.3 is 0 Å². The van der Waals surface area contributed by atoms with Crippen LogP contribution in [-0.4, -0.2) is 16.8 Å². The number of amides is 2. The SMILES string of the molecule is O=C(Nc1ccccc1)c1ccnc(C(=O)NCc2ccccc2)c1. The molecule has 0 bridgehead atoms. The maximum absolute atomic E-state index is 12.3. The molecule has 3 aromatic rings. The third kappa shape index (κ3) is 4.51. The van der Waals surface area contributed by atoms with Crippen LogP contribution in [0.1, 0.15) is 26.4 Å². The van der Waals surface area contributed by atoms with Crippen LogP contribution in [0.2, 0.25) is 0 Å². The van der Waals surface area contributed by atoms with Crippen molar-refractivity contribution in [1.29, 1.82) is 0 Å². The van der Waals surface area contributed by atoms with Crippen molar-refractivity contribution < 1.29 is 9.59 Å². The zero-order valence-electron chi connectivity index (χ0n) is 13.5. The van der Waals surface area contributed by atoms with Gasteiger partial charge in [-0.25, -0.2) is 0 Å². The summed E-state index contributed by atoms with van der Waals surface area (Å²) < 4.78 is 0. The maximum Gasteiger partial charge on any atom is 0.270 e. The number of benzene rings is 2. The second-order valence-electron chi connectivity index (χ2n) is 5.42. The zero-order chi connectivity index (χ0) is 17.5. The Labute approximate surface area is 145 Å². The van der Waals surface area contributed by atoms with Gasteiger partial charge in [-0.2, -0.15) is 0 Å². The Morgan fingerprint density at radius 2 is 1.52 bits per heavy atom. The van der Waals surface area contributed by atoms with E-state index in [-0.39, 0.29) is 17.5 Å². The second kappa shape index (κ2) is 7.88. The van der Waals surface area contributed by atoms with Crippen LogP contribution < -0.4 is 10.6 Å². The molecule has 1 aromatic heterocycles. The van der Waals surface area contributed by atoms with E-state index in [1.165, 1.54) is 12.3 Å². The fourth-order valence-corrected chi connectivity index (χ4v) is 2.29. The Morgan fingerprint density at radius 3 is 2.24 bits per heavy atom. The van der Waals surface area contributed by atoms with Crippen LogP contribution >= 0.6 is 0 Å². The highest BCUT2D eigenvalue weighted by Crippen LogP contribution is 2.09. The van der Waals surface area contributed by atoms with Crippen molar-refractivity contribution >= 4 is 17.5 Å². The quantitative estimate of drug-likeness (QED) is 0.754. The lowest BCUT2D eigenvalue weighted by atomic mass is 10.2. The summed E-state index contributed by atoms with van der Waals surface area (Å²) in [7, 11) is 0. The standard InChI is InChI=1S/C20H17N3O2/c24-19(23-17-9-5-2-6-10-17)16-11-12-21-18(13-16)20(25)22-14-15-7-3-1-4-8-15/h1-13H,14H2,(H,22,25)(H,23,24). The predicted octanol–water partition coefficient (Wildman–Crippen LogP) is 3.26. The molecule has 2 aromatic carbocycles. The van der Waals surface area contributed by atoms with Crippen molar-refractivity contribution in [3.63, 3.8) is 0 Å². The van der Waals surface area contributed by atoms with Gasteiger partial charge in [-0.3, -0.25) is 14.6 Å². The average molecular weight is 331 g/mol. The van der Waals surface area contributed by atoms with E-state index < -0.39 is 0 Å². The molecule has 0 aliphatic rings. The Balaban J connectivity index is 1.66.